The van der Waals surface area contributed by atoms with Crippen LogP contribution in [0.15, 0.2) is 60.3 Å². The third kappa shape index (κ3) is 6.28. The molecule has 2 rings (SSSR count). The van der Waals surface area contributed by atoms with Gasteiger partial charge in [-0.05, 0) is 42.8 Å². The molecule has 28 heavy (non-hydrogen) atoms. The van der Waals surface area contributed by atoms with Crippen LogP contribution in [0, 0.1) is 0 Å². The fraction of sp³-hybridized carbons (Fsp3) is 0.190. The lowest BCUT2D eigenvalue weighted by Crippen LogP contribution is -2.40. The summed E-state index contributed by atoms with van der Waals surface area (Å²) < 4.78 is 5.11. The molecule has 2 amide bonds. The first kappa shape index (κ1) is 20.7. The van der Waals surface area contributed by atoms with Crippen molar-refractivity contribution < 1.29 is 24.2 Å². The van der Waals surface area contributed by atoms with Crippen LogP contribution < -0.4 is 15.4 Å². The molecule has 0 saturated carbocycles. The van der Waals surface area contributed by atoms with Gasteiger partial charge < -0.3 is 20.5 Å². The number of rotatable bonds is 8. The van der Waals surface area contributed by atoms with E-state index < -0.39 is 23.8 Å². The molecule has 0 aromatic heterocycles. The van der Waals surface area contributed by atoms with E-state index in [9.17, 15) is 14.4 Å². The SMILES string of the molecule is COc1ccc(C=C(NC(=O)c2ccccc2)C(=O)N[C@H](C)CC(=O)O)cc1. The van der Waals surface area contributed by atoms with Crippen LogP contribution in [0.2, 0.25) is 0 Å². The van der Waals surface area contributed by atoms with Gasteiger partial charge in [0.2, 0.25) is 0 Å². The van der Waals surface area contributed by atoms with Crippen LogP contribution in [0.4, 0.5) is 0 Å². The summed E-state index contributed by atoms with van der Waals surface area (Å²) in [6.45, 7) is 1.58. The largest absolute Gasteiger partial charge is 0.497 e. The van der Waals surface area contributed by atoms with Gasteiger partial charge in [0, 0.05) is 11.6 Å². The third-order valence-corrected chi connectivity index (χ3v) is 3.81. The predicted molar refractivity (Wildman–Crippen MR) is 105 cm³/mol. The Morgan fingerprint density at radius 1 is 1.07 bits per heavy atom. The van der Waals surface area contributed by atoms with E-state index in [2.05, 4.69) is 10.6 Å². The summed E-state index contributed by atoms with van der Waals surface area (Å²) in [6.07, 6.45) is 1.29. The van der Waals surface area contributed by atoms with E-state index >= 15 is 0 Å². The number of methoxy groups -OCH3 is 1. The average molecular weight is 382 g/mol. The van der Waals surface area contributed by atoms with Crippen LogP contribution in [0.25, 0.3) is 6.08 Å². The molecule has 1 atom stereocenters. The van der Waals surface area contributed by atoms with Crippen molar-refractivity contribution in [3.05, 3.63) is 71.4 Å². The lowest BCUT2D eigenvalue weighted by molar-refractivity contribution is -0.137. The average Bonchev–Trinajstić information content (AvgIpc) is 2.67. The summed E-state index contributed by atoms with van der Waals surface area (Å²) in [5.41, 5.74) is 1.08. The van der Waals surface area contributed by atoms with E-state index in [0.29, 0.717) is 16.9 Å². The van der Waals surface area contributed by atoms with Crippen LogP contribution in [0.1, 0.15) is 29.3 Å². The Kier molecular flexibility index (Phi) is 7.33. The maximum absolute atomic E-state index is 12.6. The first-order chi connectivity index (χ1) is 13.4. The highest BCUT2D eigenvalue weighted by Gasteiger charge is 2.17. The van der Waals surface area contributed by atoms with Crippen molar-refractivity contribution >= 4 is 23.9 Å². The maximum atomic E-state index is 12.6. The van der Waals surface area contributed by atoms with Crippen molar-refractivity contribution in [1.29, 1.82) is 0 Å². The number of benzene rings is 2. The summed E-state index contributed by atoms with van der Waals surface area (Å²) in [4.78, 5) is 35.9. The van der Waals surface area contributed by atoms with Crippen LogP contribution in [-0.2, 0) is 9.59 Å². The van der Waals surface area contributed by atoms with Gasteiger partial charge in [-0.3, -0.25) is 14.4 Å². The summed E-state index contributed by atoms with van der Waals surface area (Å²) in [5, 5.41) is 14.1. The second kappa shape index (κ2) is 9.91. The number of aliphatic carboxylic acids is 1. The summed E-state index contributed by atoms with van der Waals surface area (Å²) in [5.74, 6) is -1.39. The Hall–Kier alpha value is -3.61. The number of carboxylic acid groups (broad SMARTS) is 1. The van der Waals surface area contributed by atoms with Gasteiger partial charge in [0.1, 0.15) is 11.4 Å². The Bertz CT molecular complexity index is 860. The van der Waals surface area contributed by atoms with Gasteiger partial charge in [-0.2, -0.15) is 0 Å². The molecule has 0 radical (unpaired) electrons. The molecule has 0 aliphatic carbocycles. The van der Waals surface area contributed by atoms with Crippen LogP contribution in [0.3, 0.4) is 0 Å². The molecule has 0 spiro atoms. The monoisotopic (exact) mass is 382 g/mol. The van der Waals surface area contributed by atoms with Gasteiger partial charge in [-0.15, -0.1) is 0 Å². The Labute approximate surface area is 163 Å². The highest BCUT2D eigenvalue weighted by molar-refractivity contribution is 6.05. The number of hydrogen-bond donors (Lipinski definition) is 3. The summed E-state index contributed by atoms with van der Waals surface area (Å²) in [7, 11) is 1.55. The molecule has 2 aromatic carbocycles. The van der Waals surface area contributed by atoms with Gasteiger partial charge in [0.05, 0.1) is 13.5 Å². The Balaban J connectivity index is 2.25. The number of ether oxygens (including phenoxy) is 1. The minimum absolute atomic E-state index is 0.0104. The third-order valence-electron chi connectivity index (χ3n) is 3.81. The minimum atomic E-state index is -1.03. The molecule has 3 N–H and O–H groups in total. The molecule has 0 saturated heterocycles. The molecule has 0 unspecified atom stereocenters. The molecule has 7 nitrogen and oxygen atoms in total. The molecule has 0 aliphatic heterocycles. The molecule has 0 aliphatic rings. The Morgan fingerprint density at radius 3 is 2.29 bits per heavy atom. The smallest absolute Gasteiger partial charge is 0.305 e. The lowest BCUT2D eigenvalue weighted by atomic mass is 10.1. The molecule has 2 aromatic rings. The summed E-state index contributed by atoms with van der Waals surface area (Å²) >= 11 is 0. The number of carboxylic acids is 1. The zero-order valence-electron chi connectivity index (χ0n) is 15.6. The maximum Gasteiger partial charge on any atom is 0.305 e. The number of hydrogen-bond acceptors (Lipinski definition) is 4. The van der Waals surface area contributed by atoms with Crippen molar-refractivity contribution in [3.8, 4) is 5.75 Å². The Morgan fingerprint density at radius 2 is 1.71 bits per heavy atom. The van der Waals surface area contributed by atoms with E-state index in [1.54, 1.807) is 68.6 Å². The second-order valence-corrected chi connectivity index (χ2v) is 6.12. The molecule has 0 bridgehead atoms. The number of carbonyl (C=O) groups excluding carboxylic acids is 2. The van der Waals surface area contributed by atoms with Crippen molar-refractivity contribution in [2.45, 2.75) is 19.4 Å². The van der Waals surface area contributed by atoms with Crippen LogP contribution in [0.5, 0.6) is 5.75 Å². The van der Waals surface area contributed by atoms with Crippen molar-refractivity contribution in [2.75, 3.05) is 7.11 Å². The first-order valence-electron chi connectivity index (χ1n) is 8.64. The predicted octanol–water partition coefficient (Wildman–Crippen LogP) is 2.45. The van der Waals surface area contributed by atoms with E-state index in [1.807, 2.05) is 0 Å². The molecule has 0 fully saturated rings. The van der Waals surface area contributed by atoms with Gasteiger partial charge in [0.25, 0.3) is 11.8 Å². The lowest BCUT2D eigenvalue weighted by Gasteiger charge is -2.15. The number of amides is 2. The van der Waals surface area contributed by atoms with E-state index in [-0.39, 0.29) is 12.1 Å². The van der Waals surface area contributed by atoms with Gasteiger partial charge in [-0.25, -0.2) is 0 Å². The quantitative estimate of drug-likeness (QED) is 0.608. The highest BCUT2D eigenvalue weighted by Crippen LogP contribution is 2.14. The van der Waals surface area contributed by atoms with E-state index in [4.69, 9.17) is 9.84 Å². The highest BCUT2D eigenvalue weighted by atomic mass is 16.5. The minimum Gasteiger partial charge on any atom is -0.497 e. The zero-order chi connectivity index (χ0) is 20.5. The van der Waals surface area contributed by atoms with Gasteiger partial charge >= 0.3 is 5.97 Å². The summed E-state index contributed by atoms with van der Waals surface area (Å²) in [6, 6.07) is 14.8. The first-order valence-corrected chi connectivity index (χ1v) is 8.64. The molecule has 146 valence electrons. The second-order valence-electron chi connectivity index (χ2n) is 6.12. The van der Waals surface area contributed by atoms with Crippen molar-refractivity contribution in [1.82, 2.24) is 10.6 Å². The molecule has 7 heteroatoms. The van der Waals surface area contributed by atoms with E-state index in [1.165, 1.54) is 6.08 Å². The van der Waals surface area contributed by atoms with Crippen molar-refractivity contribution in [3.63, 3.8) is 0 Å². The number of carbonyl (C=O) groups is 3. The number of nitrogens with one attached hydrogen (secondary N) is 2. The van der Waals surface area contributed by atoms with Crippen LogP contribution >= 0.6 is 0 Å². The normalized spacial score (nSPS) is 12.0. The molecular weight excluding hydrogens is 360 g/mol. The fourth-order valence-corrected chi connectivity index (χ4v) is 2.42. The van der Waals surface area contributed by atoms with Gasteiger partial charge in [-0.1, -0.05) is 30.3 Å². The van der Waals surface area contributed by atoms with Crippen LogP contribution in [-0.4, -0.2) is 36.0 Å². The van der Waals surface area contributed by atoms with E-state index in [0.717, 1.165) is 0 Å². The fourth-order valence-electron chi connectivity index (χ4n) is 2.42. The molecular formula is C21H22N2O5. The standard InChI is InChI=1S/C21H22N2O5/c1-14(12-19(24)25)22-21(27)18(13-15-8-10-17(28-2)11-9-15)23-20(26)16-6-4-3-5-7-16/h3-11,13-14H,12H2,1-2H3,(H,22,27)(H,23,26)(H,24,25)/t14-/m1/s1. The topological polar surface area (TPSA) is 105 Å². The molecule has 0 heterocycles. The zero-order valence-corrected chi connectivity index (χ0v) is 15.6. The van der Waals surface area contributed by atoms with Crippen molar-refractivity contribution in [2.24, 2.45) is 0 Å². The van der Waals surface area contributed by atoms with Gasteiger partial charge in [0.15, 0.2) is 0 Å².